The Hall–Kier alpha value is -1.22. The fourth-order valence-corrected chi connectivity index (χ4v) is 2.75. The van der Waals surface area contributed by atoms with Crippen LogP contribution in [0.4, 0.5) is 0 Å². The predicted molar refractivity (Wildman–Crippen MR) is 113 cm³/mol. The average Bonchev–Trinajstić information content (AvgIpc) is 3.46. The van der Waals surface area contributed by atoms with Gasteiger partial charge in [0.1, 0.15) is 11.5 Å². The molecule has 142 valence electrons. The molecule has 7 heteroatoms. The molecule has 2 N–H and O–H groups in total. The summed E-state index contributed by atoms with van der Waals surface area (Å²) in [6.45, 7) is 5.92. The van der Waals surface area contributed by atoms with Crippen molar-refractivity contribution in [3.05, 3.63) is 23.8 Å². The minimum atomic E-state index is 0. The highest BCUT2D eigenvalue weighted by Gasteiger charge is 2.27. The normalized spacial score (nSPS) is 14.0. The van der Waals surface area contributed by atoms with Crippen LogP contribution in [0.15, 0.2) is 23.2 Å². The highest BCUT2D eigenvalue weighted by molar-refractivity contribution is 14.0. The minimum Gasteiger partial charge on any atom is -0.497 e. The summed E-state index contributed by atoms with van der Waals surface area (Å²) in [6, 6.07) is 6.63. The molecule has 0 radical (unpaired) electrons. The van der Waals surface area contributed by atoms with Crippen molar-refractivity contribution in [2.24, 2.45) is 4.99 Å². The van der Waals surface area contributed by atoms with Gasteiger partial charge in [0.05, 0.1) is 14.2 Å². The molecule has 25 heavy (non-hydrogen) atoms. The molecule has 0 amide bonds. The van der Waals surface area contributed by atoms with Crippen molar-refractivity contribution >= 4 is 29.9 Å². The lowest BCUT2D eigenvalue weighted by Gasteiger charge is -2.21. The zero-order chi connectivity index (χ0) is 17.4. The van der Waals surface area contributed by atoms with E-state index in [0.29, 0.717) is 6.54 Å². The number of benzene rings is 1. The molecule has 1 aliphatic carbocycles. The van der Waals surface area contributed by atoms with Crippen molar-refractivity contribution in [3.8, 4) is 11.5 Å². The highest BCUT2D eigenvalue weighted by atomic mass is 127. The average molecular weight is 462 g/mol. The van der Waals surface area contributed by atoms with Crippen LogP contribution in [-0.4, -0.2) is 57.8 Å². The summed E-state index contributed by atoms with van der Waals surface area (Å²) >= 11 is 0. The predicted octanol–water partition coefficient (Wildman–Crippen LogP) is 2.47. The van der Waals surface area contributed by atoms with Gasteiger partial charge in [0, 0.05) is 44.4 Å². The fraction of sp³-hybridized carbons (Fsp3) is 0.611. The van der Waals surface area contributed by atoms with Gasteiger partial charge >= 0.3 is 0 Å². The number of rotatable bonds is 9. The number of ether oxygens (including phenoxy) is 2. The third-order valence-electron chi connectivity index (χ3n) is 4.33. The van der Waals surface area contributed by atoms with Crippen LogP contribution in [0.25, 0.3) is 0 Å². The zero-order valence-corrected chi connectivity index (χ0v) is 18.0. The van der Waals surface area contributed by atoms with Gasteiger partial charge in [-0.05, 0) is 31.5 Å². The molecule has 0 aliphatic heterocycles. The Labute approximate surface area is 168 Å². The number of methoxy groups -OCH3 is 2. The van der Waals surface area contributed by atoms with Crippen LogP contribution in [0.2, 0.25) is 0 Å². The Bertz CT molecular complexity index is 550. The number of aliphatic imine (C=N–C) groups is 1. The summed E-state index contributed by atoms with van der Waals surface area (Å²) in [5.41, 5.74) is 1.06. The van der Waals surface area contributed by atoms with Crippen LogP contribution in [0.1, 0.15) is 25.3 Å². The lowest BCUT2D eigenvalue weighted by atomic mass is 10.2. The molecule has 0 unspecified atom stereocenters. The molecule has 1 aromatic rings. The summed E-state index contributed by atoms with van der Waals surface area (Å²) in [6.07, 6.45) is 2.69. The van der Waals surface area contributed by atoms with Gasteiger partial charge < -0.3 is 20.1 Å². The molecule has 1 fully saturated rings. The standard InChI is InChI=1S/C18H30N4O2.HI/c1-5-22(15-7-8-15)11-10-20-18(19-2)21-13-14-6-9-16(23-3)12-17(14)24-4;/h6,9,12,15H,5,7-8,10-11,13H2,1-4H3,(H2,19,20,21);1H. The van der Waals surface area contributed by atoms with E-state index < -0.39 is 0 Å². The van der Waals surface area contributed by atoms with Crippen LogP contribution in [0, 0.1) is 0 Å². The molecule has 6 nitrogen and oxygen atoms in total. The lowest BCUT2D eigenvalue weighted by Crippen LogP contribution is -2.41. The van der Waals surface area contributed by atoms with E-state index in [1.165, 1.54) is 12.8 Å². The van der Waals surface area contributed by atoms with Gasteiger partial charge in [-0.3, -0.25) is 9.89 Å². The van der Waals surface area contributed by atoms with Gasteiger partial charge in [0.25, 0.3) is 0 Å². The van der Waals surface area contributed by atoms with E-state index >= 15 is 0 Å². The van der Waals surface area contributed by atoms with Crippen molar-refractivity contribution in [1.82, 2.24) is 15.5 Å². The summed E-state index contributed by atoms with van der Waals surface area (Å²) in [5, 5.41) is 6.71. The Morgan fingerprint density at radius 2 is 2.00 bits per heavy atom. The number of halogens is 1. The maximum atomic E-state index is 5.43. The zero-order valence-electron chi connectivity index (χ0n) is 15.7. The van der Waals surface area contributed by atoms with Crippen LogP contribution in [-0.2, 0) is 6.54 Å². The first kappa shape index (κ1) is 21.8. The van der Waals surface area contributed by atoms with Crippen LogP contribution >= 0.6 is 24.0 Å². The van der Waals surface area contributed by atoms with E-state index in [-0.39, 0.29) is 24.0 Å². The number of nitrogens with one attached hydrogen (secondary N) is 2. The SMILES string of the molecule is CCN(CCNC(=NC)NCc1ccc(OC)cc1OC)C1CC1.I. The quantitative estimate of drug-likeness (QED) is 0.336. The molecule has 1 saturated carbocycles. The maximum absolute atomic E-state index is 5.43. The van der Waals surface area contributed by atoms with E-state index in [1.54, 1.807) is 21.3 Å². The Balaban J connectivity index is 0.00000312. The molecule has 0 bridgehead atoms. The second-order valence-corrected chi connectivity index (χ2v) is 5.89. The van der Waals surface area contributed by atoms with Crippen molar-refractivity contribution in [2.75, 3.05) is 40.9 Å². The summed E-state index contributed by atoms with van der Waals surface area (Å²) in [7, 11) is 5.11. The van der Waals surface area contributed by atoms with Crippen LogP contribution in [0.3, 0.4) is 0 Å². The Morgan fingerprint density at radius 1 is 1.24 bits per heavy atom. The number of hydrogen-bond donors (Lipinski definition) is 2. The van der Waals surface area contributed by atoms with Crippen LogP contribution < -0.4 is 20.1 Å². The number of guanidine groups is 1. The van der Waals surface area contributed by atoms with Gasteiger partial charge in [-0.25, -0.2) is 0 Å². The highest BCUT2D eigenvalue weighted by Crippen LogP contribution is 2.26. The van der Waals surface area contributed by atoms with Crippen LogP contribution in [0.5, 0.6) is 11.5 Å². The first-order chi connectivity index (χ1) is 11.7. The fourth-order valence-electron chi connectivity index (χ4n) is 2.75. The topological polar surface area (TPSA) is 58.1 Å². The maximum Gasteiger partial charge on any atom is 0.191 e. The minimum absolute atomic E-state index is 0. The van der Waals surface area contributed by atoms with Crippen molar-refractivity contribution in [2.45, 2.75) is 32.4 Å². The largest absolute Gasteiger partial charge is 0.497 e. The molecule has 0 saturated heterocycles. The van der Waals surface area contributed by atoms with Crippen molar-refractivity contribution in [1.29, 1.82) is 0 Å². The monoisotopic (exact) mass is 462 g/mol. The lowest BCUT2D eigenvalue weighted by molar-refractivity contribution is 0.282. The second-order valence-electron chi connectivity index (χ2n) is 5.89. The molecule has 2 rings (SSSR count). The van der Waals surface area contributed by atoms with Gasteiger partial charge in [0.15, 0.2) is 5.96 Å². The van der Waals surface area contributed by atoms with Gasteiger partial charge in [0.2, 0.25) is 0 Å². The molecule has 0 spiro atoms. The molecular formula is C18H31IN4O2. The summed E-state index contributed by atoms with van der Waals surface area (Å²) < 4.78 is 10.7. The number of nitrogens with zero attached hydrogens (tertiary/aromatic N) is 2. The number of likely N-dealkylation sites (N-methyl/N-ethyl adjacent to an activating group) is 1. The second kappa shape index (κ2) is 11.4. The van der Waals surface area contributed by atoms with E-state index in [1.807, 2.05) is 18.2 Å². The first-order valence-electron chi connectivity index (χ1n) is 8.61. The first-order valence-corrected chi connectivity index (χ1v) is 8.61. The van der Waals surface area contributed by atoms with E-state index in [0.717, 1.165) is 48.7 Å². The smallest absolute Gasteiger partial charge is 0.191 e. The molecule has 0 heterocycles. The van der Waals surface area contributed by atoms with Crippen molar-refractivity contribution < 1.29 is 9.47 Å². The number of hydrogen-bond acceptors (Lipinski definition) is 4. The third-order valence-corrected chi connectivity index (χ3v) is 4.33. The Kier molecular flexibility index (Phi) is 9.96. The molecule has 1 aromatic carbocycles. The Morgan fingerprint density at radius 3 is 2.56 bits per heavy atom. The molecule has 0 atom stereocenters. The summed E-state index contributed by atoms with van der Waals surface area (Å²) in [5.74, 6) is 2.40. The third kappa shape index (κ3) is 6.89. The van der Waals surface area contributed by atoms with Crippen molar-refractivity contribution in [3.63, 3.8) is 0 Å². The van der Waals surface area contributed by atoms with Gasteiger partial charge in [-0.15, -0.1) is 24.0 Å². The van der Waals surface area contributed by atoms with E-state index in [9.17, 15) is 0 Å². The molecule has 1 aliphatic rings. The summed E-state index contributed by atoms with van der Waals surface area (Å²) in [4.78, 5) is 6.81. The molecule has 0 aromatic heterocycles. The van der Waals surface area contributed by atoms with Gasteiger partial charge in [-0.1, -0.05) is 6.92 Å². The van der Waals surface area contributed by atoms with Gasteiger partial charge in [-0.2, -0.15) is 0 Å². The van der Waals surface area contributed by atoms with E-state index in [2.05, 4.69) is 27.4 Å². The molecular weight excluding hydrogens is 431 g/mol. The van der Waals surface area contributed by atoms with E-state index in [4.69, 9.17) is 9.47 Å².